The van der Waals surface area contributed by atoms with Crippen LogP contribution in [0.3, 0.4) is 0 Å². The highest BCUT2D eigenvalue weighted by Gasteiger charge is 2.56. The lowest BCUT2D eigenvalue weighted by Gasteiger charge is -2.54. The quantitative estimate of drug-likeness (QED) is 0.132. The lowest BCUT2D eigenvalue weighted by Crippen LogP contribution is -2.49. The monoisotopic (exact) mass is 591 g/mol. The molecule has 0 radical (unpaired) electrons. The van der Waals surface area contributed by atoms with Crippen LogP contribution in [0.25, 0.3) is 0 Å². The maximum Gasteiger partial charge on any atom is 0.349 e. The molecule has 3 aliphatic rings. The second kappa shape index (κ2) is 9.95. The second-order valence-electron chi connectivity index (χ2n) is 11.1. The Morgan fingerprint density at radius 1 is 0.805 bits per heavy atom. The van der Waals surface area contributed by atoms with Gasteiger partial charge in [0.2, 0.25) is 17.4 Å². The molecule has 41 heavy (non-hydrogen) atoms. The van der Waals surface area contributed by atoms with Gasteiger partial charge in [-0.1, -0.05) is 69.3 Å². The summed E-state index contributed by atoms with van der Waals surface area (Å²) >= 11 is 0. The van der Waals surface area contributed by atoms with Crippen LogP contribution in [0.5, 0.6) is 5.75 Å². The number of ether oxygens (including phenoxy) is 2. The van der Waals surface area contributed by atoms with Gasteiger partial charge in [-0.2, -0.15) is 8.78 Å². The fourth-order valence-corrected chi connectivity index (χ4v) is 6.89. The van der Waals surface area contributed by atoms with Crippen LogP contribution in [0.1, 0.15) is 54.9 Å². The van der Waals surface area contributed by atoms with E-state index in [4.69, 9.17) is 4.74 Å². The van der Waals surface area contributed by atoms with Gasteiger partial charge >= 0.3 is 11.9 Å². The Labute approximate surface area is 232 Å². The molecular weight excluding hydrogens is 568 g/mol. The number of fused-ring (bicyclic) bond motifs is 1. The number of carbonyl (C=O) groups excluding carboxylic acids is 2. The van der Waals surface area contributed by atoms with Gasteiger partial charge in [-0.3, -0.25) is 4.79 Å². The maximum absolute atomic E-state index is 14.3. The van der Waals surface area contributed by atoms with Crippen LogP contribution < -0.4 is 4.74 Å². The number of hydrogen-bond donors (Lipinski definition) is 0. The molecule has 0 N–H and O–H groups in total. The average molecular weight is 592 g/mol. The zero-order chi connectivity index (χ0) is 30.0. The van der Waals surface area contributed by atoms with Crippen LogP contribution in [-0.2, 0) is 24.4 Å². The summed E-state index contributed by atoms with van der Waals surface area (Å²) in [5.74, 6) is -15.9. The van der Waals surface area contributed by atoms with Crippen molar-refractivity contribution in [3.8, 4) is 5.75 Å². The number of halogens is 4. The normalized spacial score (nSPS) is 21.2. The van der Waals surface area contributed by atoms with Crippen LogP contribution >= 0.6 is 0 Å². The lowest BCUT2D eigenvalue weighted by atomic mass is 9.49. The molecule has 7 nitrogen and oxygen atoms in total. The maximum atomic E-state index is 14.3. The van der Waals surface area contributed by atoms with Crippen molar-refractivity contribution in [2.45, 2.75) is 37.5 Å². The molecule has 0 heterocycles. The van der Waals surface area contributed by atoms with E-state index in [1.54, 1.807) is 0 Å². The smallest absolute Gasteiger partial charge is 0.349 e. The SMILES string of the molecule is CC(C)(C)C1C2c3ccccc3C(c3ccccc32)C1C(=O)OCC(=O)Oc1c(F)c(F)c(S(=O)(=O)[O-])c(F)c1F. The molecule has 0 aliphatic heterocycles. The Hall–Kier alpha value is -3.77. The summed E-state index contributed by atoms with van der Waals surface area (Å²) in [4.78, 5) is 23.6. The molecule has 0 saturated heterocycles. The Kier molecular flexibility index (Phi) is 6.98. The van der Waals surface area contributed by atoms with Crippen LogP contribution in [0.2, 0.25) is 0 Å². The van der Waals surface area contributed by atoms with Crippen molar-refractivity contribution >= 4 is 22.1 Å². The van der Waals surface area contributed by atoms with Gasteiger partial charge in [-0.25, -0.2) is 22.0 Å². The minimum Gasteiger partial charge on any atom is -0.744 e. The van der Waals surface area contributed by atoms with E-state index in [-0.39, 0.29) is 11.8 Å². The standard InChI is InChI=1S/C29H24F4O7S/c1-29(2,3)21-19-15-10-6-4-8-13(15)18(14-9-5-7-11-16(14)19)20(21)28(35)39-12-17(34)40-26-22(30)24(32)27(41(36,37)38)25(33)23(26)31/h4-11,18-21H,12H2,1-3H3,(H,36,37,38)/p-1. The Balaban J connectivity index is 1.44. The van der Waals surface area contributed by atoms with E-state index >= 15 is 0 Å². The van der Waals surface area contributed by atoms with Crippen molar-refractivity contribution in [2.24, 2.45) is 17.3 Å². The number of esters is 2. The molecule has 3 aromatic carbocycles. The highest BCUT2D eigenvalue weighted by Crippen LogP contribution is 2.62. The minimum atomic E-state index is -5.94. The Morgan fingerprint density at radius 3 is 1.66 bits per heavy atom. The summed E-state index contributed by atoms with van der Waals surface area (Å²) in [6.45, 7) is 4.78. The molecule has 12 heteroatoms. The number of benzene rings is 3. The van der Waals surface area contributed by atoms with E-state index in [9.17, 15) is 40.1 Å². The van der Waals surface area contributed by atoms with Crippen LogP contribution in [0.4, 0.5) is 17.6 Å². The summed E-state index contributed by atoms with van der Waals surface area (Å²) in [6.07, 6.45) is 0. The highest BCUT2D eigenvalue weighted by molar-refractivity contribution is 7.85. The third-order valence-electron chi connectivity index (χ3n) is 7.69. The fraction of sp³-hybridized carbons (Fsp3) is 0.310. The molecule has 2 bridgehead atoms. The summed E-state index contributed by atoms with van der Waals surface area (Å²) in [5.41, 5.74) is 3.62. The zero-order valence-electron chi connectivity index (χ0n) is 21.9. The Morgan fingerprint density at radius 2 is 1.24 bits per heavy atom. The molecule has 0 fully saturated rings. The molecule has 216 valence electrons. The molecule has 0 saturated carbocycles. The predicted molar refractivity (Wildman–Crippen MR) is 134 cm³/mol. The largest absolute Gasteiger partial charge is 0.744 e. The molecule has 0 spiro atoms. The molecule has 3 aromatic rings. The number of carbonyl (C=O) groups is 2. The van der Waals surface area contributed by atoms with Crippen molar-refractivity contribution in [2.75, 3.05) is 6.61 Å². The summed E-state index contributed by atoms with van der Waals surface area (Å²) < 4.78 is 99.3. The first-order valence-electron chi connectivity index (χ1n) is 12.5. The first-order valence-corrected chi connectivity index (χ1v) is 13.9. The number of rotatable bonds is 5. The molecule has 6 rings (SSSR count). The lowest BCUT2D eigenvalue weighted by molar-refractivity contribution is -0.161. The molecule has 3 aliphatic carbocycles. The van der Waals surface area contributed by atoms with Crippen molar-refractivity contribution < 1.29 is 49.6 Å². The average Bonchev–Trinajstić information content (AvgIpc) is 2.91. The summed E-state index contributed by atoms with van der Waals surface area (Å²) in [6, 6.07) is 15.5. The van der Waals surface area contributed by atoms with Crippen molar-refractivity contribution in [3.63, 3.8) is 0 Å². The van der Waals surface area contributed by atoms with Gasteiger partial charge in [0.1, 0.15) is 15.0 Å². The van der Waals surface area contributed by atoms with Gasteiger partial charge in [0.05, 0.1) is 5.92 Å². The third kappa shape index (κ3) is 4.68. The van der Waals surface area contributed by atoms with E-state index < -0.39 is 79.8 Å². The summed E-state index contributed by atoms with van der Waals surface area (Å²) in [5, 5.41) is 0. The Bertz CT molecular complexity index is 1620. The predicted octanol–water partition coefficient (Wildman–Crippen LogP) is 5.17. The van der Waals surface area contributed by atoms with E-state index in [0.29, 0.717) is 0 Å². The van der Waals surface area contributed by atoms with Gasteiger partial charge < -0.3 is 14.0 Å². The molecule has 0 aromatic heterocycles. The molecule has 2 unspecified atom stereocenters. The summed E-state index contributed by atoms with van der Waals surface area (Å²) in [7, 11) is -5.94. The van der Waals surface area contributed by atoms with Crippen molar-refractivity contribution in [1.82, 2.24) is 0 Å². The van der Waals surface area contributed by atoms with Crippen molar-refractivity contribution in [1.29, 1.82) is 0 Å². The van der Waals surface area contributed by atoms with Crippen LogP contribution in [0.15, 0.2) is 53.4 Å². The van der Waals surface area contributed by atoms with Gasteiger partial charge in [0, 0.05) is 11.8 Å². The van der Waals surface area contributed by atoms with Crippen LogP contribution in [0, 0.1) is 40.5 Å². The van der Waals surface area contributed by atoms with Gasteiger partial charge in [-0.05, 0) is 33.6 Å². The van der Waals surface area contributed by atoms with Crippen molar-refractivity contribution in [3.05, 3.63) is 94.1 Å². The highest BCUT2D eigenvalue weighted by atomic mass is 32.2. The van der Waals surface area contributed by atoms with E-state index in [2.05, 4.69) is 4.74 Å². The first-order chi connectivity index (χ1) is 19.1. The van der Waals surface area contributed by atoms with E-state index in [1.165, 1.54) is 0 Å². The molecule has 2 atom stereocenters. The first kappa shape index (κ1) is 28.7. The van der Waals surface area contributed by atoms with Crippen LogP contribution in [-0.4, -0.2) is 31.5 Å². The fourth-order valence-electron chi connectivity index (χ4n) is 6.27. The molecular formula is C29H23F4O7S-. The zero-order valence-corrected chi connectivity index (χ0v) is 22.7. The van der Waals surface area contributed by atoms with E-state index in [1.807, 2.05) is 69.3 Å². The van der Waals surface area contributed by atoms with Gasteiger partial charge in [0.15, 0.2) is 18.2 Å². The molecule has 0 amide bonds. The van der Waals surface area contributed by atoms with Gasteiger partial charge in [-0.15, -0.1) is 0 Å². The topological polar surface area (TPSA) is 110 Å². The van der Waals surface area contributed by atoms with E-state index in [0.717, 1.165) is 22.3 Å². The van der Waals surface area contributed by atoms with Gasteiger partial charge in [0.25, 0.3) is 0 Å². The minimum absolute atomic E-state index is 0.165. The third-order valence-corrected chi connectivity index (χ3v) is 8.55. The number of hydrogen-bond acceptors (Lipinski definition) is 7. The second-order valence-corrected chi connectivity index (χ2v) is 12.4.